The largest absolute Gasteiger partial charge is 0.464 e. The van der Waals surface area contributed by atoms with E-state index < -0.39 is 0 Å². The fraction of sp³-hybridized carbons (Fsp3) is 0.667. The van der Waals surface area contributed by atoms with Crippen LogP contribution in [0.4, 0.5) is 5.95 Å². The van der Waals surface area contributed by atoms with Crippen LogP contribution < -0.4 is 10.1 Å². The van der Waals surface area contributed by atoms with E-state index in [0.717, 1.165) is 25.9 Å². The van der Waals surface area contributed by atoms with Gasteiger partial charge in [-0.3, -0.25) is 4.79 Å². The summed E-state index contributed by atoms with van der Waals surface area (Å²) in [5.41, 5.74) is 0. The molecule has 20 heavy (non-hydrogen) atoms. The Balaban J connectivity index is 1.90. The number of hydrogen-bond acceptors (Lipinski definition) is 6. The lowest BCUT2D eigenvalue weighted by Gasteiger charge is -2.26. The predicted molar refractivity (Wildman–Crippen MR) is 74.9 cm³/mol. The second-order valence-electron chi connectivity index (χ2n) is 4.44. The molecule has 1 fully saturated rings. The molecule has 0 spiro atoms. The first-order valence-electron chi connectivity index (χ1n) is 6.75. The highest BCUT2D eigenvalue weighted by molar-refractivity contribution is 6.28. The summed E-state index contributed by atoms with van der Waals surface area (Å²) in [6.45, 7) is 4.05. The van der Waals surface area contributed by atoms with Crippen molar-refractivity contribution in [3.63, 3.8) is 0 Å². The van der Waals surface area contributed by atoms with Crippen molar-refractivity contribution in [1.82, 2.24) is 19.9 Å². The van der Waals surface area contributed by atoms with Crippen LogP contribution in [0.3, 0.4) is 0 Å². The number of piperidine rings is 1. The quantitative estimate of drug-likeness (QED) is 0.884. The summed E-state index contributed by atoms with van der Waals surface area (Å²) in [6.07, 6.45) is 3.33. The van der Waals surface area contributed by atoms with Gasteiger partial charge in [0.2, 0.25) is 17.1 Å². The molecule has 1 aliphatic rings. The highest BCUT2D eigenvalue weighted by Crippen LogP contribution is 2.12. The lowest BCUT2D eigenvalue weighted by atomic mass is 10.1. The molecule has 1 aromatic heterocycles. The average molecular weight is 300 g/mol. The second-order valence-corrected chi connectivity index (χ2v) is 4.78. The minimum Gasteiger partial charge on any atom is -0.464 e. The number of amides is 1. The summed E-state index contributed by atoms with van der Waals surface area (Å²) in [6, 6.07) is 0.153. The van der Waals surface area contributed by atoms with E-state index in [4.69, 9.17) is 16.3 Å². The molecule has 0 saturated carbocycles. The zero-order valence-electron chi connectivity index (χ0n) is 11.4. The van der Waals surface area contributed by atoms with Gasteiger partial charge < -0.3 is 15.0 Å². The molecular formula is C12H18ClN5O2. The van der Waals surface area contributed by atoms with Gasteiger partial charge in [-0.05, 0) is 37.8 Å². The Labute approximate surface area is 122 Å². The van der Waals surface area contributed by atoms with Gasteiger partial charge in [-0.2, -0.15) is 15.0 Å². The molecule has 0 atom stereocenters. The van der Waals surface area contributed by atoms with Gasteiger partial charge in [-0.1, -0.05) is 0 Å². The summed E-state index contributed by atoms with van der Waals surface area (Å²) < 4.78 is 5.17. The van der Waals surface area contributed by atoms with Gasteiger partial charge in [0.05, 0.1) is 13.2 Å². The van der Waals surface area contributed by atoms with Crippen LogP contribution in [-0.4, -0.2) is 52.0 Å². The predicted octanol–water partition coefficient (Wildman–Crippen LogP) is 1.35. The maximum atomic E-state index is 12.0. The molecule has 1 N–H and O–H groups in total. The van der Waals surface area contributed by atoms with E-state index in [9.17, 15) is 4.79 Å². The molecular weight excluding hydrogens is 282 g/mol. The lowest BCUT2D eigenvalue weighted by Crippen LogP contribution is -2.39. The summed E-state index contributed by atoms with van der Waals surface area (Å²) >= 11 is 5.77. The van der Waals surface area contributed by atoms with Crippen molar-refractivity contribution in [2.45, 2.75) is 26.2 Å². The number of anilines is 1. The highest BCUT2D eigenvalue weighted by atomic mass is 35.5. The molecule has 1 saturated heterocycles. The van der Waals surface area contributed by atoms with E-state index in [1.165, 1.54) is 6.42 Å². The average Bonchev–Trinajstić information content (AvgIpc) is 2.45. The summed E-state index contributed by atoms with van der Waals surface area (Å²) in [5, 5.41) is 2.90. The summed E-state index contributed by atoms with van der Waals surface area (Å²) in [7, 11) is 0. The Hall–Kier alpha value is -1.63. The number of rotatable bonds is 5. The smallest absolute Gasteiger partial charge is 0.322 e. The Bertz CT molecular complexity index is 465. The molecule has 0 aromatic carbocycles. The zero-order chi connectivity index (χ0) is 14.4. The third-order valence-electron chi connectivity index (χ3n) is 2.97. The lowest BCUT2D eigenvalue weighted by molar-refractivity contribution is -0.130. The van der Waals surface area contributed by atoms with Crippen molar-refractivity contribution in [2.24, 2.45) is 0 Å². The van der Waals surface area contributed by atoms with Gasteiger partial charge in [-0.25, -0.2) is 0 Å². The first kappa shape index (κ1) is 14.8. The van der Waals surface area contributed by atoms with Gasteiger partial charge in [0.15, 0.2) is 0 Å². The third-order valence-corrected chi connectivity index (χ3v) is 3.14. The van der Waals surface area contributed by atoms with Crippen LogP contribution >= 0.6 is 11.6 Å². The van der Waals surface area contributed by atoms with Crippen LogP contribution in [0.5, 0.6) is 6.01 Å². The topological polar surface area (TPSA) is 80.2 Å². The van der Waals surface area contributed by atoms with Crippen molar-refractivity contribution in [3.8, 4) is 6.01 Å². The van der Waals surface area contributed by atoms with Crippen LogP contribution in [0.2, 0.25) is 5.28 Å². The molecule has 0 aliphatic carbocycles. The highest BCUT2D eigenvalue weighted by Gasteiger charge is 2.16. The number of likely N-dealkylation sites (tertiary alicyclic amines) is 1. The number of carbonyl (C=O) groups excluding carboxylic acids is 1. The van der Waals surface area contributed by atoms with Gasteiger partial charge in [0.1, 0.15) is 0 Å². The SMILES string of the molecule is CCOc1nc(Cl)nc(NCC(=O)N2CCCCC2)n1. The number of ether oxygens (including phenoxy) is 1. The van der Waals surface area contributed by atoms with Gasteiger partial charge in [0.25, 0.3) is 0 Å². The van der Waals surface area contributed by atoms with Gasteiger partial charge >= 0.3 is 6.01 Å². The van der Waals surface area contributed by atoms with Gasteiger partial charge in [-0.15, -0.1) is 0 Å². The van der Waals surface area contributed by atoms with E-state index in [0.29, 0.717) is 6.61 Å². The fourth-order valence-corrected chi connectivity index (χ4v) is 2.17. The molecule has 8 heteroatoms. The Morgan fingerprint density at radius 3 is 2.75 bits per heavy atom. The number of nitrogens with one attached hydrogen (secondary N) is 1. The number of nitrogens with zero attached hydrogens (tertiary/aromatic N) is 4. The Morgan fingerprint density at radius 2 is 2.05 bits per heavy atom. The van der Waals surface area contributed by atoms with Crippen LogP contribution in [0, 0.1) is 0 Å². The molecule has 7 nitrogen and oxygen atoms in total. The molecule has 1 aliphatic heterocycles. The number of halogens is 1. The number of carbonyl (C=O) groups is 1. The second kappa shape index (κ2) is 7.23. The molecule has 0 radical (unpaired) electrons. The van der Waals surface area contributed by atoms with Crippen LogP contribution in [0.25, 0.3) is 0 Å². The van der Waals surface area contributed by atoms with E-state index in [1.54, 1.807) is 0 Å². The number of aromatic nitrogens is 3. The van der Waals surface area contributed by atoms with Crippen molar-refractivity contribution in [3.05, 3.63) is 5.28 Å². The first-order valence-corrected chi connectivity index (χ1v) is 7.13. The standard InChI is InChI=1S/C12H18ClN5O2/c1-2-20-12-16-10(13)15-11(17-12)14-8-9(19)18-6-4-3-5-7-18/h2-8H2,1H3,(H,14,15,16,17). The van der Waals surface area contributed by atoms with E-state index in [-0.39, 0.29) is 29.7 Å². The third kappa shape index (κ3) is 4.19. The molecule has 1 aromatic rings. The van der Waals surface area contributed by atoms with Crippen molar-refractivity contribution < 1.29 is 9.53 Å². The van der Waals surface area contributed by atoms with Crippen LogP contribution in [0.15, 0.2) is 0 Å². The molecule has 2 rings (SSSR count). The van der Waals surface area contributed by atoms with E-state index in [2.05, 4.69) is 20.3 Å². The first-order chi connectivity index (χ1) is 9.69. The van der Waals surface area contributed by atoms with Crippen molar-refractivity contribution in [2.75, 3.05) is 31.6 Å². The van der Waals surface area contributed by atoms with E-state index >= 15 is 0 Å². The van der Waals surface area contributed by atoms with Crippen molar-refractivity contribution >= 4 is 23.5 Å². The summed E-state index contributed by atoms with van der Waals surface area (Å²) in [4.78, 5) is 25.6. The van der Waals surface area contributed by atoms with Crippen molar-refractivity contribution in [1.29, 1.82) is 0 Å². The van der Waals surface area contributed by atoms with Crippen LogP contribution in [0.1, 0.15) is 26.2 Å². The molecule has 0 unspecified atom stereocenters. The molecule has 110 valence electrons. The minimum absolute atomic E-state index is 0.0383. The monoisotopic (exact) mass is 299 g/mol. The Kier molecular flexibility index (Phi) is 5.34. The number of hydrogen-bond donors (Lipinski definition) is 1. The maximum absolute atomic E-state index is 12.0. The molecule has 2 heterocycles. The molecule has 0 bridgehead atoms. The van der Waals surface area contributed by atoms with E-state index in [1.807, 2.05) is 11.8 Å². The zero-order valence-corrected chi connectivity index (χ0v) is 12.2. The van der Waals surface area contributed by atoms with Crippen LogP contribution in [-0.2, 0) is 4.79 Å². The normalized spacial score (nSPS) is 15.0. The summed E-state index contributed by atoms with van der Waals surface area (Å²) in [5.74, 6) is 0.290. The molecule has 1 amide bonds. The fourth-order valence-electron chi connectivity index (χ4n) is 2.01. The maximum Gasteiger partial charge on any atom is 0.322 e. The minimum atomic E-state index is 0.0383. The Morgan fingerprint density at radius 1 is 1.30 bits per heavy atom. The van der Waals surface area contributed by atoms with Gasteiger partial charge in [0, 0.05) is 13.1 Å².